The van der Waals surface area contributed by atoms with Gasteiger partial charge in [-0.2, -0.15) is 0 Å². The molecule has 1 heterocycles. The predicted octanol–water partition coefficient (Wildman–Crippen LogP) is 2.76. The molecule has 2 rings (SSSR count). The quantitative estimate of drug-likeness (QED) is 0.922. The Morgan fingerprint density at radius 1 is 1.05 bits per heavy atom. The summed E-state index contributed by atoms with van der Waals surface area (Å²) in [5.74, 6) is 0.660. The van der Waals surface area contributed by atoms with Gasteiger partial charge in [-0.15, -0.1) is 0 Å². The largest absolute Gasteiger partial charge is 0.496 e. The van der Waals surface area contributed by atoms with Crippen LogP contribution in [-0.4, -0.2) is 25.1 Å². The average molecular weight is 300 g/mol. The van der Waals surface area contributed by atoms with Gasteiger partial charge in [-0.1, -0.05) is 12.1 Å². The average Bonchev–Trinajstić information content (AvgIpc) is 2.54. The molecule has 0 unspecified atom stereocenters. The first-order valence-corrected chi connectivity index (χ1v) is 6.94. The summed E-state index contributed by atoms with van der Waals surface area (Å²) in [7, 11) is 3.05. The molecule has 2 aromatic rings. The van der Waals surface area contributed by atoms with E-state index < -0.39 is 5.54 Å². The van der Waals surface area contributed by atoms with Gasteiger partial charge < -0.3 is 14.8 Å². The predicted molar refractivity (Wildman–Crippen MR) is 84.3 cm³/mol. The zero-order valence-electron chi connectivity index (χ0n) is 13.2. The molecule has 22 heavy (non-hydrogen) atoms. The van der Waals surface area contributed by atoms with E-state index in [-0.39, 0.29) is 5.91 Å². The summed E-state index contributed by atoms with van der Waals surface area (Å²) in [6, 6.07) is 10.8. The Balaban J connectivity index is 2.33. The molecule has 0 fully saturated rings. The van der Waals surface area contributed by atoms with E-state index in [1.165, 1.54) is 14.2 Å². The molecule has 0 aliphatic rings. The number of aromatic nitrogens is 1. The summed E-state index contributed by atoms with van der Waals surface area (Å²) in [5, 5.41) is 2.98. The third-order valence-corrected chi connectivity index (χ3v) is 3.39. The molecule has 0 saturated carbocycles. The van der Waals surface area contributed by atoms with Gasteiger partial charge >= 0.3 is 0 Å². The zero-order valence-corrected chi connectivity index (χ0v) is 13.2. The molecule has 0 bridgehead atoms. The van der Waals surface area contributed by atoms with Crippen molar-refractivity contribution in [2.24, 2.45) is 0 Å². The number of hydrogen-bond donors (Lipinski definition) is 1. The van der Waals surface area contributed by atoms with Crippen LogP contribution in [0.1, 0.15) is 29.9 Å². The van der Waals surface area contributed by atoms with Crippen molar-refractivity contribution in [2.75, 3.05) is 14.2 Å². The van der Waals surface area contributed by atoms with Crippen molar-refractivity contribution in [2.45, 2.75) is 19.4 Å². The van der Waals surface area contributed by atoms with Gasteiger partial charge in [0.2, 0.25) is 0 Å². The van der Waals surface area contributed by atoms with Crippen LogP contribution in [0.2, 0.25) is 0 Å². The molecule has 116 valence electrons. The zero-order chi connectivity index (χ0) is 16.2. The fourth-order valence-electron chi connectivity index (χ4n) is 2.22. The number of nitrogens with one attached hydrogen (secondary N) is 1. The number of methoxy groups -OCH3 is 2. The highest BCUT2D eigenvalue weighted by molar-refractivity contribution is 6.00. The maximum Gasteiger partial charge on any atom is 0.259 e. The SMILES string of the molecule is COc1cccc(OC)c1C(=O)NC(C)(C)c1ccccn1. The number of carbonyl (C=O) groups is 1. The van der Waals surface area contributed by atoms with E-state index in [2.05, 4.69) is 10.3 Å². The Kier molecular flexibility index (Phi) is 4.65. The van der Waals surface area contributed by atoms with E-state index in [0.717, 1.165) is 5.69 Å². The highest BCUT2D eigenvalue weighted by Crippen LogP contribution is 2.29. The number of benzene rings is 1. The van der Waals surface area contributed by atoms with Gasteiger partial charge in [0.05, 0.1) is 25.5 Å². The topological polar surface area (TPSA) is 60.5 Å². The second kappa shape index (κ2) is 6.47. The second-order valence-electron chi connectivity index (χ2n) is 5.33. The smallest absolute Gasteiger partial charge is 0.259 e. The van der Waals surface area contributed by atoms with Crippen molar-refractivity contribution in [3.8, 4) is 11.5 Å². The molecule has 1 N–H and O–H groups in total. The number of carbonyl (C=O) groups excluding carboxylic acids is 1. The third-order valence-electron chi connectivity index (χ3n) is 3.39. The number of pyridine rings is 1. The Bertz CT molecular complexity index is 632. The lowest BCUT2D eigenvalue weighted by Crippen LogP contribution is -2.41. The first-order chi connectivity index (χ1) is 10.5. The fraction of sp³-hybridized carbons (Fsp3) is 0.294. The van der Waals surface area contributed by atoms with Crippen LogP contribution in [0.3, 0.4) is 0 Å². The van der Waals surface area contributed by atoms with Crippen molar-refractivity contribution in [3.63, 3.8) is 0 Å². The van der Waals surface area contributed by atoms with Crippen molar-refractivity contribution >= 4 is 5.91 Å². The van der Waals surface area contributed by atoms with E-state index >= 15 is 0 Å². The molecule has 0 aliphatic heterocycles. The minimum Gasteiger partial charge on any atom is -0.496 e. The first kappa shape index (κ1) is 15.8. The van der Waals surface area contributed by atoms with Gasteiger partial charge in [-0.25, -0.2) is 0 Å². The van der Waals surface area contributed by atoms with E-state index in [1.807, 2.05) is 32.0 Å². The molecular weight excluding hydrogens is 280 g/mol. The molecule has 5 nitrogen and oxygen atoms in total. The highest BCUT2D eigenvalue weighted by atomic mass is 16.5. The van der Waals surface area contributed by atoms with Crippen molar-refractivity contribution < 1.29 is 14.3 Å². The van der Waals surface area contributed by atoms with Crippen LogP contribution < -0.4 is 14.8 Å². The maximum absolute atomic E-state index is 12.7. The lowest BCUT2D eigenvalue weighted by atomic mass is 9.99. The summed E-state index contributed by atoms with van der Waals surface area (Å²) in [5.41, 5.74) is 0.526. The standard InChI is InChI=1S/C17H20N2O3/c1-17(2,14-10-5-6-11-18-14)19-16(20)15-12(21-3)8-7-9-13(15)22-4/h5-11H,1-4H3,(H,19,20). The molecule has 0 saturated heterocycles. The second-order valence-corrected chi connectivity index (χ2v) is 5.33. The molecule has 0 radical (unpaired) electrons. The van der Waals surface area contributed by atoms with Gasteiger partial charge in [-0.3, -0.25) is 9.78 Å². The number of hydrogen-bond acceptors (Lipinski definition) is 4. The molecule has 1 aromatic heterocycles. The normalized spacial score (nSPS) is 10.9. The van der Waals surface area contributed by atoms with Crippen molar-refractivity contribution in [1.82, 2.24) is 10.3 Å². The minimum absolute atomic E-state index is 0.273. The lowest BCUT2D eigenvalue weighted by molar-refractivity contribution is 0.0904. The fourth-order valence-corrected chi connectivity index (χ4v) is 2.22. The summed E-state index contributed by atoms with van der Waals surface area (Å²) in [4.78, 5) is 17.0. The van der Waals surface area contributed by atoms with E-state index in [1.54, 1.807) is 24.4 Å². The van der Waals surface area contributed by atoms with Gasteiger partial charge in [-0.05, 0) is 38.1 Å². The Morgan fingerprint density at radius 2 is 1.68 bits per heavy atom. The van der Waals surface area contributed by atoms with Crippen LogP contribution in [0.5, 0.6) is 11.5 Å². The Labute approximate surface area is 130 Å². The van der Waals surface area contributed by atoms with Gasteiger partial charge in [0.25, 0.3) is 5.91 Å². The Hall–Kier alpha value is -2.56. The highest BCUT2D eigenvalue weighted by Gasteiger charge is 2.27. The molecule has 0 atom stereocenters. The van der Waals surface area contributed by atoms with Crippen LogP contribution >= 0.6 is 0 Å². The Morgan fingerprint density at radius 3 is 2.18 bits per heavy atom. The van der Waals surface area contributed by atoms with Crippen LogP contribution in [0.4, 0.5) is 0 Å². The molecule has 1 amide bonds. The van der Waals surface area contributed by atoms with E-state index in [0.29, 0.717) is 17.1 Å². The summed E-state index contributed by atoms with van der Waals surface area (Å²) in [6.07, 6.45) is 1.70. The maximum atomic E-state index is 12.7. The molecule has 1 aromatic carbocycles. The molecular formula is C17H20N2O3. The van der Waals surface area contributed by atoms with Crippen molar-refractivity contribution in [1.29, 1.82) is 0 Å². The van der Waals surface area contributed by atoms with Gasteiger partial charge in [0.15, 0.2) is 0 Å². The summed E-state index contributed by atoms with van der Waals surface area (Å²) in [6.45, 7) is 3.80. The number of ether oxygens (including phenoxy) is 2. The van der Waals surface area contributed by atoms with Crippen LogP contribution in [0.25, 0.3) is 0 Å². The molecule has 0 aliphatic carbocycles. The van der Waals surface area contributed by atoms with Gasteiger partial charge in [0, 0.05) is 6.20 Å². The number of rotatable bonds is 5. The first-order valence-electron chi connectivity index (χ1n) is 6.94. The minimum atomic E-state index is -0.621. The van der Waals surface area contributed by atoms with Crippen molar-refractivity contribution in [3.05, 3.63) is 53.9 Å². The lowest BCUT2D eigenvalue weighted by Gasteiger charge is -2.26. The summed E-state index contributed by atoms with van der Waals surface area (Å²) < 4.78 is 10.5. The number of nitrogens with zero attached hydrogens (tertiary/aromatic N) is 1. The van der Waals surface area contributed by atoms with Crippen LogP contribution in [-0.2, 0) is 5.54 Å². The van der Waals surface area contributed by atoms with E-state index in [4.69, 9.17) is 9.47 Å². The van der Waals surface area contributed by atoms with Crippen LogP contribution in [0.15, 0.2) is 42.6 Å². The van der Waals surface area contributed by atoms with E-state index in [9.17, 15) is 4.79 Å². The van der Waals surface area contributed by atoms with Gasteiger partial charge in [0.1, 0.15) is 17.1 Å². The third kappa shape index (κ3) is 3.19. The molecule has 0 spiro atoms. The number of amides is 1. The van der Waals surface area contributed by atoms with Crippen LogP contribution in [0, 0.1) is 0 Å². The summed E-state index contributed by atoms with van der Waals surface area (Å²) >= 11 is 0. The molecule has 5 heteroatoms. The monoisotopic (exact) mass is 300 g/mol.